The molecule has 0 aliphatic carbocycles. The Labute approximate surface area is 156 Å². The fourth-order valence-corrected chi connectivity index (χ4v) is 2.63. The van der Waals surface area contributed by atoms with Gasteiger partial charge in [-0.15, -0.1) is 5.10 Å². The molecular formula is C19H19N5O3. The number of aromatic nitrogens is 3. The average molecular weight is 365 g/mol. The van der Waals surface area contributed by atoms with E-state index < -0.39 is 0 Å². The van der Waals surface area contributed by atoms with Crippen molar-refractivity contribution in [2.75, 3.05) is 31.0 Å². The van der Waals surface area contributed by atoms with E-state index in [9.17, 15) is 0 Å². The molecule has 1 aliphatic rings. The van der Waals surface area contributed by atoms with Crippen LogP contribution in [0, 0.1) is 0 Å². The predicted molar refractivity (Wildman–Crippen MR) is 101 cm³/mol. The van der Waals surface area contributed by atoms with Gasteiger partial charge in [0.1, 0.15) is 19.0 Å². The lowest BCUT2D eigenvalue weighted by molar-refractivity contribution is 0.171. The van der Waals surface area contributed by atoms with Crippen molar-refractivity contribution < 1.29 is 14.2 Å². The number of anilines is 3. The number of rotatable bonds is 6. The molecule has 1 aromatic heterocycles. The minimum Gasteiger partial charge on any atom is -0.497 e. The monoisotopic (exact) mass is 365 g/mol. The summed E-state index contributed by atoms with van der Waals surface area (Å²) in [5.74, 6) is 3.29. The zero-order chi connectivity index (χ0) is 18.5. The van der Waals surface area contributed by atoms with Crippen LogP contribution in [0.15, 0.2) is 48.7 Å². The van der Waals surface area contributed by atoms with E-state index in [1.165, 1.54) is 0 Å². The molecule has 1 aliphatic heterocycles. The first-order chi connectivity index (χ1) is 13.3. The van der Waals surface area contributed by atoms with E-state index in [2.05, 4.69) is 25.8 Å². The zero-order valence-corrected chi connectivity index (χ0v) is 14.8. The van der Waals surface area contributed by atoms with Crippen molar-refractivity contribution in [1.82, 2.24) is 15.2 Å². The van der Waals surface area contributed by atoms with Gasteiger partial charge < -0.3 is 24.8 Å². The lowest BCUT2D eigenvalue weighted by atomic mass is 10.2. The summed E-state index contributed by atoms with van der Waals surface area (Å²) in [7, 11) is 1.65. The van der Waals surface area contributed by atoms with Crippen molar-refractivity contribution in [1.29, 1.82) is 0 Å². The van der Waals surface area contributed by atoms with Gasteiger partial charge in [-0.1, -0.05) is 12.1 Å². The molecule has 0 spiro atoms. The van der Waals surface area contributed by atoms with Crippen LogP contribution < -0.4 is 24.8 Å². The molecule has 2 N–H and O–H groups in total. The zero-order valence-electron chi connectivity index (χ0n) is 14.8. The maximum absolute atomic E-state index is 5.59. The van der Waals surface area contributed by atoms with Gasteiger partial charge in [-0.2, -0.15) is 10.1 Å². The second-order valence-electron chi connectivity index (χ2n) is 5.85. The molecule has 0 atom stereocenters. The molecule has 0 unspecified atom stereocenters. The van der Waals surface area contributed by atoms with E-state index in [0.29, 0.717) is 37.3 Å². The second-order valence-corrected chi connectivity index (χ2v) is 5.85. The van der Waals surface area contributed by atoms with Crippen LogP contribution in [-0.4, -0.2) is 35.5 Å². The Hall–Kier alpha value is -3.55. The van der Waals surface area contributed by atoms with E-state index in [1.54, 1.807) is 13.3 Å². The number of hydrogen-bond donors (Lipinski definition) is 2. The van der Waals surface area contributed by atoms with Crippen molar-refractivity contribution in [2.24, 2.45) is 0 Å². The number of benzene rings is 2. The van der Waals surface area contributed by atoms with E-state index in [0.717, 1.165) is 22.7 Å². The SMILES string of the molecule is COc1ccc(CNc2cnnc(Nc3ccc4c(c3)OCCO4)n2)cc1. The van der Waals surface area contributed by atoms with Gasteiger partial charge in [0.05, 0.1) is 13.3 Å². The number of nitrogens with zero attached hydrogens (tertiary/aromatic N) is 3. The number of nitrogens with one attached hydrogen (secondary N) is 2. The molecular weight excluding hydrogens is 346 g/mol. The van der Waals surface area contributed by atoms with Gasteiger partial charge in [0.15, 0.2) is 17.3 Å². The standard InChI is InChI=1S/C19H19N5O3/c1-25-15-5-2-13(3-6-15)11-20-18-12-21-24-19(23-18)22-14-4-7-16-17(10-14)27-9-8-26-16/h2-7,10,12H,8-9,11H2,1H3,(H2,20,22,23,24). The third kappa shape index (κ3) is 4.17. The molecule has 0 fully saturated rings. The van der Waals surface area contributed by atoms with Gasteiger partial charge in [-0.05, 0) is 29.8 Å². The summed E-state index contributed by atoms with van der Waals surface area (Å²) in [5.41, 5.74) is 1.91. The number of fused-ring (bicyclic) bond motifs is 1. The molecule has 2 aromatic carbocycles. The van der Waals surface area contributed by atoms with Crippen LogP contribution >= 0.6 is 0 Å². The maximum Gasteiger partial charge on any atom is 0.249 e. The highest BCUT2D eigenvalue weighted by molar-refractivity contribution is 5.60. The highest BCUT2D eigenvalue weighted by Crippen LogP contribution is 2.33. The summed E-state index contributed by atoms with van der Waals surface area (Å²) in [5, 5.41) is 14.4. The number of ether oxygens (including phenoxy) is 3. The summed E-state index contributed by atoms with van der Waals surface area (Å²) in [6, 6.07) is 13.4. The smallest absolute Gasteiger partial charge is 0.249 e. The fraction of sp³-hybridized carbons (Fsp3) is 0.211. The Morgan fingerprint density at radius 2 is 1.85 bits per heavy atom. The van der Waals surface area contributed by atoms with Crippen molar-refractivity contribution >= 4 is 17.5 Å². The van der Waals surface area contributed by atoms with Gasteiger partial charge in [-0.3, -0.25) is 0 Å². The molecule has 2 heterocycles. The van der Waals surface area contributed by atoms with E-state index in [-0.39, 0.29) is 0 Å². The van der Waals surface area contributed by atoms with E-state index in [4.69, 9.17) is 14.2 Å². The third-order valence-corrected chi connectivity index (χ3v) is 3.99. The highest BCUT2D eigenvalue weighted by atomic mass is 16.6. The predicted octanol–water partition coefficient (Wildman–Crippen LogP) is 3.01. The van der Waals surface area contributed by atoms with Crippen LogP contribution in [0.5, 0.6) is 17.2 Å². The largest absolute Gasteiger partial charge is 0.497 e. The maximum atomic E-state index is 5.59. The first kappa shape index (κ1) is 16.9. The van der Waals surface area contributed by atoms with Crippen molar-refractivity contribution in [2.45, 2.75) is 6.54 Å². The Bertz CT molecular complexity index is 917. The molecule has 0 saturated heterocycles. The molecule has 8 heteroatoms. The van der Waals surface area contributed by atoms with Gasteiger partial charge in [0.2, 0.25) is 5.95 Å². The summed E-state index contributed by atoms with van der Waals surface area (Å²) < 4.78 is 16.3. The quantitative estimate of drug-likeness (QED) is 0.689. The highest BCUT2D eigenvalue weighted by Gasteiger charge is 2.12. The van der Waals surface area contributed by atoms with Gasteiger partial charge in [0.25, 0.3) is 0 Å². The van der Waals surface area contributed by atoms with Crippen LogP contribution in [0.2, 0.25) is 0 Å². The fourth-order valence-electron chi connectivity index (χ4n) is 2.63. The van der Waals surface area contributed by atoms with Gasteiger partial charge in [-0.25, -0.2) is 0 Å². The molecule has 0 amide bonds. The summed E-state index contributed by atoms with van der Waals surface area (Å²) in [4.78, 5) is 4.44. The number of hydrogen-bond acceptors (Lipinski definition) is 8. The average Bonchev–Trinajstić information content (AvgIpc) is 2.73. The van der Waals surface area contributed by atoms with Crippen LogP contribution in [-0.2, 0) is 6.54 Å². The van der Waals surface area contributed by atoms with Crippen molar-refractivity contribution in [3.8, 4) is 17.2 Å². The van der Waals surface area contributed by atoms with Crippen LogP contribution in [0.1, 0.15) is 5.56 Å². The molecule has 4 rings (SSSR count). The Morgan fingerprint density at radius 3 is 2.67 bits per heavy atom. The molecule has 3 aromatic rings. The summed E-state index contributed by atoms with van der Waals surface area (Å²) >= 11 is 0. The molecule has 8 nitrogen and oxygen atoms in total. The van der Waals surface area contributed by atoms with Crippen LogP contribution in [0.25, 0.3) is 0 Å². The van der Waals surface area contributed by atoms with Gasteiger partial charge in [0, 0.05) is 18.3 Å². The topological polar surface area (TPSA) is 90.4 Å². The Kier molecular flexibility index (Phi) is 4.86. The van der Waals surface area contributed by atoms with Gasteiger partial charge >= 0.3 is 0 Å². The Balaban J connectivity index is 1.41. The third-order valence-electron chi connectivity index (χ3n) is 3.99. The minimum absolute atomic E-state index is 0.395. The number of methoxy groups -OCH3 is 1. The lowest BCUT2D eigenvalue weighted by Gasteiger charge is -2.19. The Morgan fingerprint density at radius 1 is 1.04 bits per heavy atom. The molecule has 0 radical (unpaired) electrons. The molecule has 27 heavy (non-hydrogen) atoms. The second kappa shape index (κ2) is 7.77. The van der Waals surface area contributed by atoms with Crippen molar-refractivity contribution in [3.05, 3.63) is 54.2 Å². The minimum atomic E-state index is 0.395. The first-order valence-electron chi connectivity index (χ1n) is 8.53. The lowest BCUT2D eigenvalue weighted by Crippen LogP contribution is -2.15. The van der Waals surface area contributed by atoms with Crippen LogP contribution in [0.4, 0.5) is 17.5 Å². The molecule has 0 saturated carbocycles. The normalized spacial score (nSPS) is 12.3. The molecule has 138 valence electrons. The van der Waals surface area contributed by atoms with E-state index >= 15 is 0 Å². The first-order valence-corrected chi connectivity index (χ1v) is 8.53. The van der Waals surface area contributed by atoms with Crippen LogP contribution in [0.3, 0.4) is 0 Å². The summed E-state index contributed by atoms with van der Waals surface area (Å²) in [6.07, 6.45) is 1.58. The molecule has 0 bridgehead atoms. The van der Waals surface area contributed by atoms with Crippen molar-refractivity contribution in [3.63, 3.8) is 0 Å². The van der Waals surface area contributed by atoms with E-state index in [1.807, 2.05) is 42.5 Å². The summed E-state index contributed by atoms with van der Waals surface area (Å²) in [6.45, 7) is 1.72.